The van der Waals surface area contributed by atoms with E-state index in [0.29, 0.717) is 5.82 Å². The van der Waals surface area contributed by atoms with Gasteiger partial charge in [-0.1, -0.05) is 6.07 Å². The van der Waals surface area contributed by atoms with Gasteiger partial charge in [0.1, 0.15) is 11.6 Å². The third kappa shape index (κ3) is 2.98. The fourth-order valence-electron chi connectivity index (χ4n) is 5.34. The lowest BCUT2D eigenvalue weighted by Crippen LogP contribution is -2.43. The minimum atomic E-state index is -4.55. The number of hydrogen-bond acceptors (Lipinski definition) is 6. The van der Waals surface area contributed by atoms with Crippen LogP contribution in [-0.2, 0) is 6.18 Å². The number of benzene rings is 1. The topological polar surface area (TPSA) is 74.9 Å². The first-order valence-corrected chi connectivity index (χ1v) is 10.4. The fraction of sp³-hybridized carbons (Fsp3) is 0.318. The van der Waals surface area contributed by atoms with Crippen molar-refractivity contribution in [1.29, 1.82) is 0 Å². The molecule has 0 saturated carbocycles. The molecule has 3 aliphatic heterocycles. The van der Waals surface area contributed by atoms with Crippen LogP contribution in [0.1, 0.15) is 28.9 Å². The van der Waals surface area contributed by atoms with Crippen molar-refractivity contribution in [2.24, 2.45) is 0 Å². The molecular formula is C22H16F4N6O. The van der Waals surface area contributed by atoms with E-state index in [9.17, 15) is 22.4 Å². The SMILES string of the molecule is O=C(c1cccc(F)c1-c1ncccn1)N1C2CCC1C1C2N1c1cnc(C(F)(F)F)cn1. The van der Waals surface area contributed by atoms with E-state index in [0.717, 1.165) is 25.2 Å². The number of fused-ring (bicyclic) bond motifs is 5. The maximum Gasteiger partial charge on any atom is 0.434 e. The van der Waals surface area contributed by atoms with Crippen molar-refractivity contribution in [3.63, 3.8) is 0 Å². The van der Waals surface area contributed by atoms with Crippen molar-refractivity contribution in [1.82, 2.24) is 24.8 Å². The van der Waals surface area contributed by atoms with E-state index in [2.05, 4.69) is 19.9 Å². The molecule has 0 spiro atoms. The van der Waals surface area contributed by atoms with Crippen LogP contribution in [0.2, 0.25) is 0 Å². The monoisotopic (exact) mass is 456 g/mol. The van der Waals surface area contributed by atoms with Crippen LogP contribution < -0.4 is 4.90 Å². The van der Waals surface area contributed by atoms with E-state index in [1.54, 1.807) is 17.0 Å². The van der Waals surface area contributed by atoms with Crippen molar-refractivity contribution >= 4 is 11.7 Å². The van der Waals surface area contributed by atoms with Crippen molar-refractivity contribution in [2.75, 3.05) is 4.90 Å². The van der Waals surface area contributed by atoms with Crippen LogP contribution in [0.3, 0.4) is 0 Å². The lowest BCUT2D eigenvalue weighted by atomic mass is 10.0. The molecule has 1 amide bonds. The zero-order valence-corrected chi connectivity index (χ0v) is 16.9. The van der Waals surface area contributed by atoms with E-state index >= 15 is 0 Å². The number of alkyl halides is 3. The summed E-state index contributed by atoms with van der Waals surface area (Å²) in [5.74, 6) is -0.371. The number of carbonyl (C=O) groups is 1. The molecule has 6 rings (SSSR count). The van der Waals surface area contributed by atoms with Crippen molar-refractivity contribution in [3.05, 3.63) is 66.1 Å². The molecule has 0 radical (unpaired) electrons. The molecule has 0 N–H and O–H groups in total. The van der Waals surface area contributed by atoms with Gasteiger partial charge in [-0.15, -0.1) is 0 Å². The highest BCUT2D eigenvalue weighted by molar-refractivity contribution is 6.01. The minimum Gasteiger partial charge on any atom is -0.341 e. The fourth-order valence-corrected chi connectivity index (χ4v) is 5.34. The molecule has 3 aliphatic rings. The molecule has 7 nitrogen and oxygen atoms in total. The average Bonchev–Trinajstić information content (AvgIpc) is 3.32. The molecule has 5 heterocycles. The second-order valence-corrected chi connectivity index (χ2v) is 8.31. The quantitative estimate of drug-likeness (QED) is 0.445. The molecule has 2 bridgehead atoms. The number of hydrogen-bond donors (Lipinski definition) is 0. The highest BCUT2D eigenvalue weighted by atomic mass is 19.4. The summed E-state index contributed by atoms with van der Waals surface area (Å²) < 4.78 is 53.1. The molecule has 3 aromatic rings. The van der Waals surface area contributed by atoms with E-state index < -0.39 is 17.7 Å². The van der Waals surface area contributed by atoms with Gasteiger partial charge < -0.3 is 9.80 Å². The van der Waals surface area contributed by atoms with E-state index in [4.69, 9.17) is 0 Å². The van der Waals surface area contributed by atoms with Crippen molar-refractivity contribution in [2.45, 2.75) is 43.2 Å². The number of rotatable bonds is 3. The first-order chi connectivity index (χ1) is 15.9. The first-order valence-electron chi connectivity index (χ1n) is 10.4. The molecule has 33 heavy (non-hydrogen) atoms. The van der Waals surface area contributed by atoms with Gasteiger partial charge in [0.25, 0.3) is 5.91 Å². The minimum absolute atomic E-state index is 0.0382. The standard InChI is InChI=1S/C22H16F4N6O/c23-12-4-1-3-11(17(12)20-27-7-2-8-28-20)21(33)31-13-5-6-14(31)19-18(13)32(19)16-10-29-15(9-30-16)22(24,25)26/h1-4,7-10,13-14,18-19H,5-6H2. The van der Waals surface area contributed by atoms with Crippen LogP contribution in [0.5, 0.6) is 0 Å². The molecule has 3 fully saturated rings. The summed E-state index contributed by atoms with van der Waals surface area (Å²) in [5.41, 5.74) is -0.784. The third-order valence-electron chi connectivity index (χ3n) is 6.62. The van der Waals surface area contributed by atoms with Gasteiger partial charge in [0, 0.05) is 12.4 Å². The molecule has 4 unspecified atom stereocenters. The maximum absolute atomic E-state index is 14.7. The number of amides is 1. The van der Waals surface area contributed by atoms with Crippen LogP contribution >= 0.6 is 0 Å². The second-order valence-electron chi connectivity index (χ2n) is 8.31. The van der Waals surface area contributed by atoms with Gasteiger partial charge >= 0.3 is 6.18 Å². The number of aromatic nitrogens is 4. The lowest BCUT2D eigenvalue weighted by Gasteiger charge is -2.28. The Kier molecular flexibility index (Phi) is 4.20. The lowest BCUT2D eigenvalue weighted by molar-refractivity contribution is -0.141. The number of anilines is 1. The van der Waals surface area contributed by atoms with Gasteiger partial charge in [-0.3, -0.25) is 4.79 Å². The normalized spacial score (nSPS) is 25.3. The molecule has 1 aromatic carbocycles. The largest absolute Gasteiger partial charge is 0.434 e. The Morgan fingerprint density at radius 2 is 1.64 bits per heavy atom. The number of nitrogens with zero attached hydrogens (tertiary/aromatic N) is 6. The number of piperazine rings is 1. The summed E-state index contributed by atoms with van der Waals surface area (Å²) in [6.45, 7) is 0. The van der Waals surface area contributed by atoms with Gasteiger partial charge in [-0.05, 0) is 31.0 Å². The Bertz CT molecular complexity index is 1220. The van der Waals surface area contributed by atoms with Gasteiger partial charge in [-0.25, -0.2) is 24.3 Å². The summed E-state index contributed by atoms with van der Waals surface area (Å²) in [6, 6.07) is 5.58. The average molecular weight is 456 g/mol. The summed E-state index contributed by atoms with van der Waals surface area (Å²) in [5, 5.41) is 0. The summed E-state index contributed by atoms with van der Waals surface area (Å²) in [4.78, 5) is 32.9. The summed E-state index contributed by atoms with van der Waals surface area (Å²) in [7, 11) is 0. The third-order valence-corrected chi connectivity index (χ3v) is 6.62. The number of carbonyl (C=O) groups excluding carboxylic acids is 1. The Morgan fingerprint density at radius 3 is 2.24 bits per heavy atom. The zero-order chi connectivity index (χ0) is 22.9. The molecule has 168 valence electrons. The van der Waals surface area contributed by atoms with Crippen molar-refractivity contribution < 1.29 is 22.4 Å². The van der Waals surface area contributed by atoms with E-state index in [1.165, 1.54) is 24.5 Å². The Balaban J connectivity index is 1.28. The van der Waals surface area contributed by atoms with Gasteiger partial charge in [0.2, 0.25) is 0 Å². The molecule has 3 saturated heterocycles. The van der Waals surface area contributed by atoms with E-state index in [1.807, 2.05) is 4.90 Å². The first kappa shape index (κ1) is 20.0. The van der Waals surface area contributed by atoms with Crippen LogP contribution in [0.4, 0.5) is 23.4 Å². The van der Waals surface area contributed by atoms with Crippen LogP contribution in [0, 0.1) is 5.82 Å². The van der Waals surface area contributed by atoms with Crippen LogP contribution in [-0.4, -0.2) is 54.9 Å². The predicted molar refractivity (Wildman–Crippen MR) is 107 cm³/mol. The molecule has 11 heteroatoms. The zero-order valence-electron chi connectivity index (χ0n) is 16.9. The van der Waals surface area contributed by atoms with Gasteiger partial charge in [-0.2, -0.15) is 13.2 Å². The second kappa shape index (κ2) is 6.93. The smallest absolute Gasteiger partial charge is 0.341 e. The Hall–Kier alpha value is -3.63. The Morgan fingerprint density at radius 1 is 0.939 bits per heavy atom. The van der Waals surface area contributed by atoms with Crippen LogP contribution in [0.25, 0.3) is 11.4 Å². The summed E-state index contributed by atoms with van der Waals surface area (Å²) >= 11 is 0. The molecular weight excluding hydrogens is 440 g/mol. The van der Waals surface area contributed by atoms with Gasteiger partial charge in [0.05, 0.1) is 47.7 Å². The molecule has 4 atom stereocenters. The van der Waals surface area contributed by atoms with Crippen molar-refractivity contribution in [3.8, 4) is 11.4 Å². The summed E-state index contributed by atoms with van der Waals surface area (Å²) in [6.07, 6.45) is 1.80. The predicted octanol–water partition coefficient (Wildman–Crippen LogP) is 3.34. The van der Waals surface area contributed by atoms with Gasteiger partial charge in [0.15, 0.2) is 11.5 Å². The number of halogens is 4. The molecule has 2 aromatic heterocycles. The molecule has 0 aliphatic carbocycles. The highest BCUT2D eigenvalue weighted by Gasteiger charge is 2.69. The maximum atomic E-state index is 14.7. The highest BCUT2D eigenvalue weighted by Crippen LogP contribution is 2.54. The van der Waals surface area contributed by atoms with Crippen LogP contribution in [0.15, 0.2) is 49.1 Å². The Labute approximate surface area is 185 Å². The van der Waals surface area contributed by atoms with E-state index in [-0.39, 0.29) is 47.0 Å².